The molecule has 3 heteroatoms. The normalized spacial score (nSPS) is 12.1. The number of nitrogens with one attached hydrogen (secondary N) is 1. The Morgan fingerprint density at radius 1 is 1.15 bits per heavy atom. The van der Waals surface area contributed by atoms with E-state index < -0.39 is 0 Å². The van der Waals surface area contributed by atoms with Crippen LogP contribution in [0.4, 0.5) is 0 Å². The van der Waals surface area contributed by atoms with E-state index in [1.165, 1.54) is 5.57 Å². The highest BCUT2D eigenvalue weighted by molar-refractivity contribution is 5.64. The van der Waals surface area contributed by atoms with Gasteiger partial charge in [-0.15, -0.1) is 0 Å². The fourth-order valence-electron chi connectivity index (χ4n) is 1.97. The third kappa shape index (κ3) is 4.57. The van der Waals surface area contributed by atoms with Gasteiger partial charge in [0.2, 0.25) is 0 Å². The molecule has 0 heterocycles. The summed E-state index contributed by atoms with van der Waals surface area (Å²) in [6, 6.07) is 6.43. The summed E-state index contributed by atoms with van der Waals surface area (Å²) in [5.41, 5.74) is 2.41. The van der Waals surface area contributed by atoms with Crippen molar-refractivity contribution in [1.29, 1.82) is 0 Å². The smallest absolute Gasteiger partial charge is 0.167 e. The molecule has 0 aliphatic heterocycles. The number of methoxy groups -OCH3 is 2. The van der Waals surface area contributed by atoms with E-state index >= 15 is 0 Å². The maximum atomic E-state index is 5.48. The van der Waals surface area contributed by atoms with E-state index in [0.29, 0.717) is 12.0 Å². The molecule has 1 aromatic carbocycles. The summed E-state index contributed by atoms with van der Waals surface area (Å²) < 4.78 is 10.8. The second kappa shape index (κ2) is 7.95. The van der Waals surface area contributed by atoms with Crippen molar-refractivity contribution in [3.8, 4) is 11.5 Å². The molecule has 1 rings (SSSR count). The average molecular weight is 277 g/mol. The number of rotatable bonds is 7. The third-order valence-corrected chi connectivity index (χ3v) is 3.23. The minimum Gasteiger partial charge on any atom is -0.493 e. The minimum absolute atomic E-state index is 0.476. The van der Waals surface area contributed by atoms with E-state index in [1.807, 2.05) is 12.1 Å². The lowest BCUT2D eigenvalue weighted by Gasteiger charge is -2.16. The first-order valence-electron chi connectivity index (χ1n) is 7.14. The molecule has 0 saturated carbocycles. The van der Waals surface area contributed by atoms with Crippen LogP contribution in [0.1, 0.15) is 33.3 Å². The Bertz CT molecular complexity index is 450. The highest BCUT2D eigenvalue weighted by atomic mass is 16.5. The van der Waals surface area contributed by atoms with Crippen LogP contribution in [0.3, 0.4) is 0 Å². The number of hydrogen-bond acceptors (Lipinski definition) is 3. The van der Waals surface area contributed by atoms with Gasteiger partial charge in [0.1, 0.15) is 0 Å². The summed E-state index contributed by atoms with van der Waals surface area (Å²) in [6.07, 6.45) is 2.20. The molecule has 0 aliphatic carbocycles. The number of para-hydroxylation sites is 1. The quantitative estimate of drug-likeness (QED) is 0.823. The van der Waals surface area contributed by atoms with Gasteiger partial charge in [-0.05, 0) is 12.0 Å². The zero-order valence-corrected chi connectivity index (χ0v) is 13.5. The topological polar surface area (TPSA) is 30.5 Å². The number of ether oxygens (including phenoxy) is 2. The SMILES string of the molecule is COc1cccc(C=C(CNC(C)C)C(C)C)c1OC. The highest BCUT2D eigenvalue weighted by Crippen LogP contribution is 2.32. The lowest BCUT2D eigenvalue weighted by molar-refractivity contribution is 0.354. The fraction of sp³-hybridized carbons (Fsp3) is 0.529. The first-order chi connectivity index (χ1) is 9.49. The maximum absolute atomic E-state index is 5.48. The Morgan fingerprint density at radius 2 is 1.85 bits per heavy atom. The van der Waals surface area contributed by atoms with E-state index in [2.05, 4.69) is 45.2 Å². The van der Waals surface area contributed by atoms with Crippen molar-refractivity contribution < 1.29 is 9.47 Å². The van der Waals surface area contributed by atoms with E-state index in [0.717, 1.165) is 23.6 Å². The van der Waals surface area contributed by atoms with Crippen LogP contribution in [0.5, 0.6) is 11.5 Å². The van der Waals surface area contributed by atoms with Crippen LogP contribution in [-0.2, 0) is 0 Å². The van der Waals surface area contributed by atoms with Gasteiger partial charge in [0, 0.05) is 18.2 Å². The van der Waals surface area contributed by atoms with Gasteiger partial charge in [0.15, 0.2) is 11.5 Å². The molecular formula is C17H27NO2. The van der Waals surface area contributed by atoms with Crippen LogP contribution in [-0.4, -0.2) is 26.8 Å². The molecule has 0 aromatic heterocycles. The summed E-state index contributed by atoms with van der Waals surface area (Å²) in [5, 5.41) is 3.47. The van der Waals surface area contributed by atoms with Crippen LogP contribution in [0.2, 0.25) is 0 Å². The molecule has 0 unspecified atom stereocenters. The Morgan fingerprint density at radius 3 is 2.35 bits per heavy atom. The molecule has 3 nitrogen and oxygen atoms in total. The predicted molar refractivity (Wildman–Crippen MR) is 85.5 cm³/mol. The molecule has 1 aromatic rings. The molecule has 0 radical (unpaired) electrons. The van der Waals surface area contributed by atoms with Crippen LogP contribution >= 0.6 is 0 Å². The van der Waals surface area contributed by atoms with Gasteiger partial charge in [-0.2, -0.15) is 0 Å². The summed E-state index contributed by atoms with van der Waals surface area (Å²) in [6.45, 7) is 9.62. The summed E-state index contributed by atoms with van der Waals surface area (Å²) in [4.78, 5) is 0. The first-order valence-corrected chi connectivity index (χ1v) is 7.14. The van der Waals surface area contributed by atoms with Crippen molar-refractivity contribution in [3.63, 3.8) is 0 Å². The predicted octanol–water partition coefficient (Wildman–Crippen LogP) is 3.74. The number of benzene rings is 1. The lowest BCUT2D eigenvalue weighted by Crippen LogP contribution is -2.26. The van der Waals surface area contributed by atoms with Crippen LogP contribution in [0, 0.1) is 5.92 Å². The van der Waals surface area contributed by atoms with Gasteiger partial charge in [0.25, 0.3) is 0 Å². The standard InChI is InChI=1S/C17H27NO2/c1-12(2)15(11-18-13(3)4)10-14-8-7-9-16(19-5)17(14)20-6/h7-10,12-13,18H,11H2,1-6H3. The van der Waals surface area contributed by atoms with Crippen LogP contribution < -0.4 is 14.8 Å². The lowest BCUT2D eigenvalue weighted by atomic mass is 9.99. The van der Waals surface area contributed by atoms with E-state index in [1.54, 1.807) is 14.2 Å². The van der Waals surface area contributed by atoms with Crippen molar-refractivity contribution in [1.82, 2.24) is 5.32 Å². The van der Waals surface area contributed by atoms with Gasteiger partial charge >= 0.3 is 0 Å². The van der Waals surface area contributed by atoms with E-state index in [4.69, 9.17) is 9.47 Å². The molecule has 0 spiro atoms. The van der Waals surface area contributed by atoms with Crippen LogP contribution in [0.15, 0.2) is 23.8 Å². The van der Waals surface area contributed by atoms with Crippen molar-refractivity contribution in [2.75, 3.05) is 20.8 Å². The molecular weight excluding hydrogens is 250 g/mol. The van der Waals surface area contributed by atoms with Crippen molar-refractivity contribution >= 4 is 6.08 Å². The largest absolute Gasteiger partial charge is 0.493 e. The summed E-state index contributed by atoms with van der Waals surface area (Å²) in [5.74, 6) is 2.04. The Labute approximate surface area is 123 Å². The van der Waals surface area contributed by atoms with Crippen LogP contribution in [0.25, 0.3) is 6.08 Å². The van der Waals surface area contributed by atoms with Gasteiger partial charge in [-0.3, -0.25) is 0 Å². The monoisotopic (exact) mass is 277 g/mol. The number of hydrogen-bond donors (Lipinski definition) is 1. The highest BCUT2D eigenvalue weighted by Gasteiger charge is 2.10. The Hall–Kier alpha value is -1.48. The van der Waals surface area contributed by atoms with Gasteiger partial charge in [-0.25, -0.2) is 0 Å². The zero-order valence-electron chi connectivity index (χ0n) is 13.5. The average Bonchev–Trinajstić information content (AvgIpc) is 2.42. The van der Waals surface area contributed by atoms with Crippen molar-refractivity contribution in [2.24, 2.45) is 5.92 Å². The molecule has 0 aliphatic rings. The van der Waals surface area contributed by atoms with E-state index in [-0.39, 0.29) is 0 Å². The molecule has 0 saturated heterocycles. The minimum atomic E-state index is 0.476. The Balaban J connectivity index is 3.10. The second-order valence-corrected chi connectivity index (χ2v) is 5.49. The molecule has 0 atom stereocenters. The second-order valence-electron chi connectivity index (χ2n) is 5.49. The van der Waals surface area contributed by atoms with Gasteiger partial charge in [-0.1, -0.05) is 51.5 Å². The van der Waals surface area contributed by atoms with Crippen molar-refractivity contribution in [3.05, 3.63) is 29.3 Å². The molecule has 1 N–H and O–H groups in total. The molecule has 0 bridgehead atoms. The summed E-state index contributed by atoms with van der Waals surface area (Å²) >= 11 is 0. The van der Waals surface area contributed by atoms with Gasteiger partial charge in [0.05, 0.1) is 14.2 Å². The zero-order chi connectivity index (χ0) is 15.1. The summed E-state index contributed by atoms with van der Waals surface area (Å²) in [7, 11) is 3.34. The van der Waals surface area contributed by atoms with Gasteiger partial charge < -0.3 is 14.8 Å². The van der Waals surface area contributed by atoms with Crippen molar-refractivity contribution in [2.45, 2.75) is 33.7 Å². The Kier molecular flexibility index (Phi) is 6.59. The molecule has 0 amide bonds. The van der Waals surface area contributed by atoms with E-state index in [9.17, 15) is 0 Å². The third-order valence-electron chi connectivity index (χ3n) is 3.23. The fourth-order valence-corrected chi connectivity index (χ4v) is 1.97. The first kappa shape index (κ1) is 16.6. The maximum Gasteiger partial charge on any atom is 0.167 e. The molecule has 20 heavy (non-hydrogen) atoms. The molecule has 0 fully saturated rings. The molecule has 112 valence electrons.